The van der Waals surface area contributed by atoms with Crippen LogP contribution in [0.2, 0.25) is 0 Å². The fourth-order valence-corrected chi connectivity index (χ4v) is 5.59. The van der Waals surface area contributed by atoms with Crippen molar-refractivity contribution < 1.29 is 4.79 Å². The van der Waals surface area contributed by atoms with Crippen molar-refractivity contribution in [2.45, 2.75) is 39.3 Å². The summed E-state index contributed by atoms with van der Waals surface area (Å²) in [7, 11) is 0. The summed E-state index contributed by atoms with van der Waals surface area (Å²) in [5, 5.41) is 4.11. The van der Waals surface area contributed by atoms with Crippen LogP contribution in [0.25, 0.3) is 15.9 Å². The molecule has 1 N–H and O–H groups in total. The Hall–Kier alpha value is -2.90. The summed E-state index contributed by atoms with van der Waals surface area (Å²) in [5.41, 5.74) is 4.61. The van der Waals surface area contributed by atoms with Gasteiger partial charge in [0.15, 0.2) is 5.16 Å². The predicted molar refractivity (Wildman–Crippen MR) is 135 cm³/mol. The van der Waals surface area contributed by atoms with Crippen LogP contribution in [-0.2, 0) is 11.2 Å². The molecule has 0 aliphatic rings. The average Bonchev–Trinajstić information content (AvgIpc) is 3.09. The first-order chi connectivity index (χ1) is 15.4. The maximum Gasteiger partial charge on any atom is 0.267 e. The molecule has 0 aliphatic heterocycles. The second kappa shape index (κ2) is 9.30. The Balaban J connectivity index is 1.72. The SMILES string of the molecule is CCc1sc2nc(SCC(=O)Nc3cccc(C)c3)n(-c3ccc(C)cc3)c(=O)c2c1C. The maximum atomic E-state index is 13.6. The minimum atomic E-state index is -0.137. The van der Waals surface area contributed by atoms with Gasteiger partial charge >= 0.3 is 0 Å². The first kappa shape index (κ1) is 22.3. The number of fused-ring (bicyclic) bond motifs is 1. The smallest absolute Gasteiger partial charge is 0.267 e. The van der Waals surface area contributed by atoms with E-state index in [0.29, 0.717) is 10.5 Å². The quantitative estimate of drug-likeness (QED) is 0.296. The molecule has 0 unspecified atom stereocenters. The number of amides is 1. The lowest BCUT2D eigenvalue weighted by Gasteiger charge is -2.13. The Labute approximate surface area is 195 Å². The molecule has 4 rings (SSSR count). The molecule has 0 fully saturated rings. The van der Waals surface area contributed by atoms with E-state index in [1.807, 2.05) is 69.3 Å². The molecular formula is C25H25N3O2S2. The Kier molecular flexibility index (Phi) is 6.48. The van der Waals surface area contributed by atoms with Crippen LogP contribution < -0.4 is 10.9 Å². The summed E-state index contributed by atoms with van der Waals surface area (Å²) >= 11 is 2.83. The molecular weight excluding hydrogens is 438 g/mol. The number of aromatic nitrogens is 2. The molecule has 7 heteroatoms. The zero-order valence-electron chi connectivity index (χ0n) is 18.6. The minimum absolute atomic E-state index is 0.0890. The molecule has 0 atom stereocenters. The van der Waals surface area contributed by atoms with Gasteiger partial charge in [0, 0.05) is 10.6 Å². The fourth-order valence-electron chi connectivity index (χ4n) is 3.62. The molecule has 2 aromatic heterocycles. The van der Waals surface area contributed by atoms with Crippen LogP contribution in [0.5, 0.6) is 0 Å². The highest BCUT2D eigenvalue weighted by Gasteiger charge is 2.19. The van der Waals surface area contributed by atoms with Crippen molar-refractivity contribution in [1.82, 2.24) is 9.55 Å². The molecule has 0 aliphatic carbocycles. The average molecular weight is 464 g/mol. The number of nitrogens with one attached hydrogen (secondary N) is 1. The Morgan fingerprint density at radius 3 is 2.53 bits per heavy atom. The van der Waals surface area contributed by atoms with E-state index in [4.69, 9.17) is 4.98 Å². The van der Waals surface area contributed by atoms with Crippen molar-refractivity contribution in [1.29, 1.82) is 0 Å². The van der Waals surface area contributed by atoms with Crippen LogP contribution >= 0.6 is 23.1 Å². The predicted octanol–water partition coefficient (Wildman–Crippen LogP) is 5.67. The lowest BCUT2D eigenvalue weighted by molar-refractivity contribution is -0.113. The standard InChI is InChI=1S/C25H25N3O2S2/c1-5-20-17(4)22-23(32-20)27-25(28(24(22)30)19-11-9-15(2)10-12-19)31-14-21(29)26-18-8-6-7-16(3)13-18/h6-13H,5,14H2,1-4H3,(H,26,29). The van der Waals surface area contributed by atoms with Gasteiger partial charge in [0.05, 0.1) is 16.8 Å². The highest BCUT2D eigenvalue weighted by atomic mass is 32.2. The first-order valence-electron chi connectivity index (χ1n) is 10.5. The van der Waals surface area contributed by atoms with E-state index in [1.54, 1.807) is 15.9 Å². The number of benzene rings is 2. The molecule has 0 saturated carbocycles. The van der Waals surface area contributed by atoms with Crippen molar-refractivity contribution in [3.05, 3.63) is 80.5 Å². The molecule has 0 bridgehead atoms. The van der Waals surface area contributed by atoms with Crippen LogP contribution in [0.1, 0.15) is 28.5 Å². The van der Waals surface area contributed by atoms with Crippen molar-refractivity contribution >= 4 is 44.9 Å². The number of hydrogen-bond donors (Lipinski definition) is 1. The van der Waals surface area contributed by atoms with E-state index in [1.165, 1.54) is 16.6 Å². The Morgan fingerprint density at radius 1 is 1.09 bits per heavy atom. The topological polar surface area (TPSA) is 64.0 Å². The minimum Gasteiger partial charge on any atom is -0.325 e. The molecule has 32 heavy (non-hydrogen) atoms. The third-order valence-electron chi connectivity index (χ3n) is 5.28. The largest absolute Gasteiger partial charge is 0.325 e. The normalized spacial score (nSPS) is 11.1. The van der Waals surface area contributed by atoms with Crippen molar-refractivity contribution in [3.63, 3.8) is 0 Å². The van der Waals surface area contributed by atoms with E-state index in [-0.39, 0.29) is 17.2 Å². The molecule has 164 valence electrons. The van der Waals surface area contributed by atoms with Crippen molar-refractivity contribution in [2.24, 2.45) is 0 Å². The number of hydrogen-bond acceptors (Lipinski definition) is 5. The number of rotatable bonds is 6. The molecule has 0 spiro atoms. The maximum absolute atomic E-state index is 13.6. The van der Waals surface area contributed by atoms with Crippen LogP contribution in [0.4, 0.5) is 5.69 Å². The zero-order chi connectivity index (χ0) is 22.8. The number of thioether (sulfide) groups is 1. The summed E-state index contributed by atoms with van der Waals surface area (Å²) in [5.74, 6) is 0.0185. The van der Waals surface area contributed by atoms with Gasteiger partial charge in [-0.15, -0.1) is 11.3 Å². The zero-order valence-corrected chi connectivity index (χ0v) is 20.2. The third kappa shape index (κ3) is 4.49. The van der Waals surface area contributed by atoms with Crippen LogP contribution in [0, 0.1) is 20.8 Å². The second-order valence-corrected chi connectivity index (χ2v) is 9.79. The number of aryl methyl sites for hydroxylation is 4. The molecule has 0 saturated heterocycles. The van der Waals surface area contributed by atoms with Gasteiger partial charge in [0.25, 0.3) is 5.56 Å². The highest BCUT2D eigenvalue weighted by Crippen LogP contribution is 2.30. The Bertz CT molecular complexity index is 1350. The summed E-state index contributed by atoms with van der Waals surface area (Å²) in [6, 6.07) is 15.5. The monoisotopic (exact) mass is 463 g/mol. The van der Waals surface area contributed by atoms with E-state index in [9.17, 15) is 9.59 Å². The number of carbonyl (C=O) groups excluding carboxylic acids is 1. The van der Waals surface area contributed by atoms with Gasteiger partial charge in [-0.05, 0) is 62.6 Å². The molecule has 0 radical (unpaired) electrons. The number of thiophene rings is 1. The van der Waals surface area contributed by atoms with Gasteiger partial charge in [0.1, 0.15) is 4.83 Å². The van der Waals surface area contributed by atoms with Crippen LogP contribution in [-0.4, -0.2) is 21.2 Å². The number of carbonyl (C=O) groups is 1. The summed E-state index contributed by atoms with van der Waals surface area (Å²) in [6.07, 6.45) is 0.859. The van der Waals surface area contributed by atoms with E-state index < -0.39 is 0 Å². The fraction of sp³-hybridized carbons (Fsp3) is 0.240. The second-order valence-electron chi connectivity index (χ2n) is 7.76. The van der Waals surface area contributed by atoms with Gasteiger partial charge in [-0.1, -0.05) is 48.5 Å². The Morgan fingerprint density at radius 2 is 1.84 bits per heavy atom. The molecule has 1 amide bonds. The van der Waals surface area contributed by atoms with Gasteiger partial charge in [0.2, 0.25) is 5.91 Å². The van der Waals surface area contributed by atoms with E-state index in [0.717, 1.165) is 39.3 Å². The molecule has 2 aromatic carbocycles. The number of anilines is 1. The lowest BCUT2D eigenvalue weighted by Crippen LogP contribution is -2.23. The van der Waals surface area contributed by atoms with Crippen LogP contribution in [0.15, 0.2) is 58.5 Å². The lowest BCUT2D eigenvalue weighted by atomic mass is 10.2. The number of nitrogens with zero attached hydrogens (tertiary/aromatic N) is 2. The summed E-state index contributed by atoms with van der Waals surface area (Å²) in [6.45, 7) is 8.07. The molecule has 5 nitrogen and oxygen atoms in total. The van der Waals surface area contributed by atoms with Crippen molar-refractivity contribution in [2.75, 3.05) is 11.1 Å². The van der Waals surface area contributed by atoms with Gasteiger partial charge in [-0.3, -0.25) is 14.2 Å². The van der Waals surface area contributed by atoms with Crippen LogP contribution in [0.3, 0.4) is 0 Å². The van der Waals surface area contributed by atoms with E-state index in [2.05, 4.69) is 12.2 Å². The summed E-state index contributed by atoms with van der Waals surface area (Å²) < 4.78 is 1.63. The third-order valence-corrected chi connectivity index (χ3v) is 7.55. The first-order valence-corrected chi connectivity index (χ1v) is 12.3. The molecule has 4 aromatic rings. The van der Waals surface area contributed by atoms with Crippen molar-refractivity contribution in [3.8, 4) is 5.69 Å². The van der Waals surface area contributed by atoms with Gasteiger partial charge < -0.3 is 5.32 Å². The van der Waals surface area contributed by atoms with E-state index >= 15 is 0 Å². The highest BCUT2D eigenvalue weighted by molar-refractivity contribution is 7.99. The van der Waals surface area contributed by atoms with Gasteiger partial charge in [-0.2, -0.15) is 0 Å². The summed E-state index contributed by atoms with van der Waals surface area (Å²) in [4.78, 5) is 32.9. The molecule has 2 heterocycles. The van der Waals surface area contributed by atoms with Gasteiger partial charge in [-0.25, -0.2) is 4.98 Å².